The summed E-state index contributed by atoms with van der Waals surface area (Å²) in [4.78, 5) is 11.5. The quantitative estimate of drug-likeness (QED) is 0.900. The first-order valence-corrected chi connectivity index (χ1v) is 4.98. The van der Waals surface area contributed by atoms with Crippen LogP contribution in [0.4, 0.5) is 0 Å². The van der Waals surface area contributed by atoms with Gasteiger partial charge < -0.3 is 14.5 Å². The third kappa shape index (κ3) is 3.16. The molecule has 0 saturated carbocycles. The van der Waals surface area contributed by atoms with Crippen LogP contribution in [-0.2, 0) is 4.74 Å². The van der Waals surface area contributed by atoms with Crippen LogP contribution in [0, 0.1) is 0 Å². The second-order valence-electron chi connectivity index (χ2n) is 2.93. The molecular formula is C9H12BrNO3. The number of furan rings is 1. The molecule has 0 radical (unpaired) electrons. The number of hydrogen-bond donors (Lipinski definition) is 1. The van der Waals surface area contributed by atoms with Gasteiger partial charge in [-0.1, -0.05) is 0 Å². The Bertz CT molecular complexity index is 311. The predicted octanol–water partition coefficient (Wildman–Crippen LogP) is 1.81. The zero-order valence-electron chi connectivity index (χ0n) is 8.04. The van der Waals surface area contributed by atoms with Crippen LogP contribution in [0.2, 0.25) is 0 Å². The van der Waals surface area contributed by atoms with Gasteiger partial charge in [-0.3, -0.25) is 4.79 Å². The number of hydrogen-bond acceptors (Lipinski definition) is 3. The molecule has 1 atom stereocenters. The van der Waals surface area contributed by atoms with Crippen LogP contribution in [0.15, 0.2) is 21.2 Å². The van der Waals surface area contributed by atoms with Crippen molar-refractivity contribution < 1.29 is 13.9 Å². The maximum atomic E-state index is 11.5. The number of halogens is 1. The van der Waals surface area contributed by atoms with Crippen LogP contribution < -0.4 is 5.32 Å². The minimum Gasteiger partial charge on any atom is -0.444 e. The Morgan fingerprint density at radius 1 is 1.71 bits per heavy atom. The Balaban J connectivity index is 2.50. The summed E-state index contributed by atoms with van der Waals surface area (Å²) < 4.78 is 10.5. The molecule has 0 unspecified atom stereocenters. The first-order chi connectivity index (χ1) is 6.63. The summed E-state index contributed by atoms with van der Waals surface area (Å²) in [6.07, 6.45) is 0. The van der Waals surface area contributed by atoms with Gasteiger partial charge in [0.25, 0.3) is 5.91 Å². The van der Waals surface area contributed by atoms with E-state index in [4.69, 9.17) is 9.15 Å². The maximum Gasteiger partial charge on any atom is 0.287 e. The van der Waals surface area contributed by atoms with Crippen molar-refractivity contribution >= 4 is 21.8 Å². The lowest BCUT2D eigenvalue weighted by molar-refractivity contribution is 0.0877. The van der Waals surface area contributed by atoms with Crippen LogP contribution in [0.3, 0.4) is 0 Å². The number of carbonyl (C=O) groups is 1. The first kappa shape index (κ1) is 11.3. The highest BCUT2D eigenvalue weighted by Gasteiger charge is 2.12. The van der Waals surface area contributed by atoms with Gasteiger partial charge in [-0.2, -0.15) is 0 Å². The van der Waals surface area contributed by atoms with Crippen LogP contribution in [0.1, 0.15) is 17.5 Å². The fraction of sp³-hybridized carbons (Fsp3) is 0.444. The van der Waals surface area contributed by atoms with Crippen LogP contribution in [0.25, 0.3) is 0 Å². The van der Waals surface area contributed by atoms with E-state index in [1.807, 2.05) is 6.92 Å². The maximum absolute atomic E-state index is 11.5. The zero-order chi connectivity index (χ0) is 10.6. The molecule has 0 bridgehead atoms. The van der Waals surface area contributed by atoms with E-state index in [2.05, 4.69) is 21.2 Å². The van der Waals surface area contributed by atoms with E-state index in [0.29, 0.717) is 17.0 Å². The molecule has 1 aromatic rings. The highest BCUT2D eigenvalue weighted by Crippen LogP contribution is 2.13. The van der Waals surface area contributed by atoms with Gasteiger partial charge in [0.1, 0.15) is 0 Å². The highest BCUT2D eigenvalue weighted by molar-refractivity contribution is 9.10. The average molecular weight is 262 g/mol. The Labute approximate surface area is 90.7 Å². The van der Waals surface area contributed by atoms with E-state index in [-0.39, 0.29) is 11.9 Å². The molecule has 1 amide bonds. The summed E-state index contributed by atoms with van der Waals surface area (Å²) in [5.74, 6) is 0.0556. The van der Waals surface area contributed by atoms with Crippen LogP contribution in [0.5, 0.6) is 0 Å². The van der Waals surface area contributed by atoms with Crippen molar-refractivity contribution in [3.8, 4) is 0 Å². The molecule has 1 rings (SSSR count). The molecule has 1 N–H and O–H groups in total. The van der Waals surface area contributed by atoms with Crippen molar-refractivity contribution in [2.75, 3.05) is 13.7 Å². The van der Waals surface area contributed by atoms with Crippen LogP contribution >= 0.6 is 15.9 Å². The molecule has 0 aliphatic rings. The Hall–Kier alpha value is -0.810. The van der Waals surface area contributed by atoms with Gasteiger partial charge in [-0.15, -0.1) is 0 Å². The summed E-state index contributed by atoms with van der Waals surface area (Å²) in [7, 11) is 1.59. The number of ether oxygens (including phenoxy) is 1. The van der Waals surface area contributed by atoms with Crippen molar-refractivity contribution in [3.05, 3.63) is 22.6 Å². The topological polar surface area (TPSA) is 51.5 Å². The minimum absolute atomic E-state index is 0.0311. The Morgan fingerprint density at radius 3 is 2.93 bits per heavy atom. The fourth-order valence-electron chi connectivity index (χ4n) is 1.02. The molecule has 0 saturated heterocycles. The number of carbonyl (C=O) groups excluding carboxylic acids is 1. The molecule has 1 heterocycles. The van der Waals surface area contributed by atoms with Gasteiger partial charge in [0.15, 0.2) is 10.4 Å². The van der Waals surface area contributed by atoms with Crippen molar-refractivity contribution in [1.29, 1.82) is 0 Å². The number of rotatable bonds is 4. The third-order valence-corrected chi connectivity index (χ3v) is 2.02. The molecular weight excluding hydrogens is 250 g/mol. The molecule has 14 heavy (non-hydrogen) atoms. The van der Waals surface area contributed by atoms with Crippen molar-refractivity contribution in [3.63, 3.8) is 0 Å². The van der Waals surface area contributed by atoms with E-state index in [0.717, 1.165) is 0 Å². The molecule has 0 aliphatic heterocycles. The second-order valence-corrected chi connectivity index (χ2v) is 3.72. The van der Waals surface area contributed by atoms with Crippen LogP contribution in [-0.4, -0.2) is 25.7 Å². The van der Waals surface area contributed by atoms with Gasteiger partial charge in [-0.25, -0.2) is 0 Å². The van der Waals surface area contributed by atoms with E-state index in [1.54, 1.807) is 19.2 Å². The number of amides is 1. The summed E-state index contributed by atoms with van der Waals surface area (Å²) >= 11 is 3.13. The lowest BCUT2D eigenvalue weighted by atomic mass is 10.3. The highest BCUT2D eigenvalue weighted by atomic mass is 79.9. The Morgan fingerprint density at radius 2 is 2.43 bits per heavy atom. The van der Waals surface area contributed by atoms with Gasteiger partial charge in [0.2, 0.25) is 0 Å². The number of methoxy groups -OCH3 is 1. The fourth-order valence-corrected chi connectivity index (χ4v) is 1.33. The summed E-state index contributed by atoms with van der Waals surface area (Å²) in [5.41, 5.74) is 0. The summed E-state index contributed by atoms with van der Waals surface area (Å²) in [5, 5.41) is 2.73. The minimum atomic E-state index is -0.236. The standard InChI is InChI=1S/C9H12BrNO3/c1-6(5-13-2)11-9(12)7-3-4-8(10)14-7/h3-4,6H,5H2,1-2H3,(H,11,12)/t6-/m0/s1. The van der Waals surface area contributed by atoms with E-state index in [9.17, 15) is 4.79 Å². The van der Waals surface area contributed by atoms with Gasteiger partial charge in [0, 0.05) is 13.2 Å². The number of nitrogens with one attached hydrogen (secondary N) is 1. The third-order valence-electron chi connectivity index (χ3n) is 1.59. The molecule has 0 spiro atoms. The average Bonchev–Trinajstić information content (AvgIpc) is 2.52. The van der Waals surface area contributed by atoms with Crippen molar-refractivity contribution in [2.45, 2.75) is 13.0 Å². The molecule has 0 fully saturated rings. The monoisotopic (exact) mass is 261 g/mol. The van der Waals surface area contributed by atoms with E-state index in [1.165, 1.54) is 0 Å². The summed E-state index contributed by atoms with van der Waals surface area (Å²) in [6, 6.07) is 3.26. The largest absolute Gasteiger partial charge is 0.444 e. The van der Waals surface area contributed by atoms with Crippen molar-refractivity contribution in [1.82, 2.24) is 5.32 Å². The lowest BCUT2D eigenvalue weighted by Crippen LogP contribution is -2.35. The van der Waals surface area contributed by atoms with E-state index >= 15 is 0 Å². The van der Waals surface area contributed by atoms with Crippen molar-refractivity contribution in [2.24, 2.45) is 0 Å². The molecule has 1 aromatic heterocycles. The SMILES string of the molecule is COC[C@H](C)NC(=O)c1ccc(Br)o1. The first-order valence-electron chi connectivity index (χ1n) is 4.18. The zero-order valence-corrected chi connectivity index (χ0v) is 9.63. The summed E-state index contributed by atoms with van der Waals surface area (Å²) in [6.45, 7) is 2.34. The van der Waals surface area contributed by atoms with Gasteiger partial charge in [0.05, 0.1) is 6.61 Å². The normalized spacial score (nSPS) is 12.5. The Kier molecular flexibility index (Phi) is 4.16. The predicted molar refractivity (Wildman–Crippen MR) is 55.2 cm³/mol. The smallest absolute Gasteiger partial charge is 0.287 e. The molecule has 0 aliphatic carbocycles. The van der Waals surface area contributed by atoms with Gasteiger partial charge >= 0.3 is 0 Å². The second kappa shape index (κ2) is 5.17. The molecule has 5 heteroatoms. The molecule has 78 valence electrons. The molecule has 0 aromatic carbocycles. The van der Waals surface area contributed by atoms with Gasteiger partial charge in [-0.05, 0) is 35.0 Å². The lowest BCUT2D eigenvalue weighted by Gasteiger charge is -2.10. The van der Waals surface area contributed by atoms with E-state index < -0.39 is 0 Å². The molecule has 4 nitrogen and oxygen atoms in total.